The highest BCUT2D eigenvalue weighted by molar-refractivity contribution is 5.36. The third kappa shape index (κ3) is 3.37. The van der Waals surface area contributed by atoms with Gasteiger partial charge in [0, 0.05) is 5.56 Å². The molecule has 0 amide bonds. The van der Waals surface area contributed by atoms with Crippen molar-refractivity contribution < 1.29 is 9.13 Å². The van der Waals surface area contributed by atoms with Gasteiger partial charge in [0.05, 0.1) is 7.11 Å². The second-order valence-electron chi connectivity index (χ2n) is 3.90. The Bertz CT molecular complexity index is 358. The summed E-state index contributed by atoms with van der Waals surface area (Å²) in [6.45, 7) is 4.18. The Morgan fingerprint density at radius 3 is 2.75 bits per heavy atom. The smallest absolute Gasteiger partial charge is 0.123 e. The van der Waals surface area contributed by atoms with Crippen LogP contribution in [0.3, 0.4) is 0 Å². The van der Waals surface area contributed by atoms with Gasteiger partial charge in [-0.05, 0) is 37.0 Å². The second kappa shape index (κ2) is 6.31. The lowest BCUT2D eigenvalue weighted by Gasteiger charge is -2.14. The highest BCUT2D eigenvalue weighted by Crippen LogP contribution is 2.29. The van der Waals surface area contributed by atoms with Gasteiger partial charge in [0.2, 0.25) is 0 Å². The molecule has 1 rings (SSSR count). The molecule has 0 heterocycles. The predicted molar refractivity (Wildman–Crippen MR) is 65.4 cm³/mol. The molecule has 0 aliphatic carbocycles. The lowest BCUT2D eigenvalue weighted by atomic mass is 9.96. The molecule has 0 fully saturated rings. The van der Waals surface area contributed by atoms with Crippen molar-refractivity contribution in [2.24, 2.45) is 0 Å². The Kier molecular flexibility index (Phi) is 5.03. The fraction of sp³-hybridized carbons (Fsp3) is 0.429. The SMILES string of the molecule is CC/C=C\CC(C)c1cc(F)ccc1OC. The van der Waals surface area contributed by atoms with Gasteiger partial charge in [-0.15, -0.1) is 0 Å². The minimum atomic E-state index is -0.206. The Balaban J connectivity index is 2.84. The van der Waals surface area contributed by atoms with Crippen molar-refractivity contribution in [1.82, 2.24) is 0 Å². The number of hydrogen-bond acceptors (Lipinski definition) is 1. The number of methoxy groups -OCH3 is 1. The molecule has 0 saturated heterocycles. The van der Waals surface area contributed by atoms with Gasteiger partial charge in [0.15, 0.2) is 0 Å². The fourth-order valence-electron chi connectivity index (χ4n) is 1.68. The van der Waals surface area contributed by atoms with E-state index in [0.717, 1.165) is 24.2 Å². The minimum absolute atomic E-state index is 0.206. The summed E-state index contributed by atoms with van der Waals surface area (Å²) in [6, 6.07) is 4.67. The summed E-state index contributed by atoms with van der Waals surface area (Å²) in [5.74, 6) is 0.828. The first kappa shape index (κ1) is 12.8. The number of halogens is 1. The van der Waals surface area contributed by atoms with E-state index in [1.165, 1.54) is 6.07 Å². The topological polar surface area (TPSA) is 9.23 Å². The van der Waals surface area contributed by atoms with Gasteiger partial charge in [-0.3, -0.25) is 0 Å². The molecule has 88 valence electrons. The molecule has 1 aromatic rings. The largest absolute Gasteiger partial charge is 0.496 e. The van der Waals surface area contributed by atoms with E-state index < -0.39 is 0 Å². The maximum atomic E-state index is 13.2. The van der Waals surface area contributed by atoms with Crippen molar-refractivity contribution in [3.63, 3.8) is 0 Å². The van der Waals surface area contributed by atoms with Gasteiger partial charge in [-0.25, -0.2) is 4.39 Å². The van der Waals surface area contributed by atoms with E-state index in [4.69, 9.17) is 4.74 Å². The molecule has 0 spiro atoms. The standard InChI is InChI=1S/C14H19FO/c1-4-5-6-7-11(2)13-10-12(15)8-9-14(13)16-3/h5-6,8-11H,4,7H2,1-3H3/b6-5-. The van der Waals surface area contributed by atoms with Crippen LogP contribution in [0.4, 0.5) is 4.39 Å². The van der Waals surface area contributed by atoms with E-state index in [1.54, 1.807) is 19.2 Å². The first-order chi connectivity index (χ1) is 7.69. The van der Waals surface area contributed by atoms with Gasteiger partial charge in [0.25, 0.3) is 0 Å². The number of ether oxygens (including phenoxy) is 1. The molecule has 1 nitrogen and oxygen atoms in total. The Morgan fingerprint density at radius 2 is 2.12 bits per heavy atom. The molecule has 1 unspecified atom stereocenters. The van der Waals surface area contributed by atoms with Crippen LogP contribution < -0.4 is 4.74 Å². The van der Waals surface area contributed by atoms with Crippen LogP contribution in [0.2, 0.25) is 0 Å². The predicted octanol–water partition coefficient (Wildman–Crippen LogP) is 4.29. The maximum Gasteiger partial charge on any atom is 0.123 e. The molecule has 0 radical (unpaired) electrons. The third-order valence-corrected chi connectivity index (χ3v) is 2.61. The summed E-state index contributed by atoms with van der Waals surface area (Å²) in [4.78, 5) is 0. The number of benzene rings is 1. The summed E-state index contributed by atoms with van der Waals surface area (Å²) in [5.41, 5.74) is 0.934. The van der Waals surface area contributed by atoms with Crippen LogP contribution in [-0.2, 0) is 0 Å². The van der Waals surface area contributed by atoms with Crippen LogP contribution >= 0.6 is 0 Å². The molecule has 1 aromatic carbocycles. The third-order valence-electron chi connectivity index (χ3n) is 2.61. The van der Waals surface area contributed by atoms with Crippen LogP contribution in [0.25, 0.3) is 0 Å². The molecule has 0 bridgehead atoms. The van der Waals surface area contributed by atoms with Crippen molar-refractivity contribution in [1.29, 1.82) is 0 Å². The summed E-state index contributed by atoms with van der Waals surface area (Å²) in [5, 5.41) is 0. The van der Waals surface area contributed by atoms with Crippen molar-refractivity contribution in [2.45, 2.75) is 32.6 Å². The average molecular weight is 222 g/mol. The molecule has 16 heavy (non-hydrogen) atoms. The Labute approximate surface area is 96.9 Å². The van der Waals surface area contributed by atoms with E-state index in [9.17, 15) is 4.39 Å². The average Bonchev–Trinajstić information content (AvgIpc) is 2.29. The number of rotatable bonds is 5. The molecular formula is C14H19FO. The van der Waals surface area contributed by atoms with E-state index in [2.05, 4.69) is 26.0 Å². The monoisotopic (exact) mass is 222 g/mol. The van der Waals surface area contributed by atoms with Crippen LogP contribution in [0.1, 0.15) is 38.2 Å². The first-order valence-electron chi connectivity index (χ1n) is 5.67. The van der Waals surface area contributed by atoms with E-state index in [1.807, 2.05) is 0 Å². The molecule has 0 saturated carbocycles. The number of allylic oxidation sites excluding steroid dienone is 2. The van der Waals surface area contributed by atoms with Crippen LogP contribution in [0, 0.1) is 5.82 Å². The molecule has 0 N–H and O–H groups in total. The summed E-state index contributed by atoms with van der Waals surface area (Å²) >= 11 is 0. The summed E-state index contributed by atoms with van der Waals surface area (Å²) in [6.07, 6.45) is 6.21. The van der Waals surface area contributed by atoms with Crippen LogP contribution in [-0.4, -0.2) is 7.11 Å². The minimum Gasteiger partial charge on any atom is -0.496 e. The molecule has 0 aliphatic rings. The number of hydrogen-bond donors (Lipinski definition) is 0. The fourth-order valence-corrected chi connectivity index (χ4v) is 1.68. The maximum absolute atomic E-state index is 13.2. The molecule has 0 aromatic heterocycles. The van der Waals surface area contributed by atoms with Crippen LogP contribution in [0.5, 0.6) is 5.75 Å². The van der Waals surface area contributed by atoms with Gasteiger partial charge in [0.1, 0.15) is 11.6 Å². The van der Waals surface area contributed by atoms with Gasteiger partial charge in [-0.2, -0.15) is 0 Å². The zero-order chi connectivity index (χ0) is 12.0. The lowest BCUT2D eigenvalue weighted by molar-refractivity contribution is 0.405. The Morgan fingerprint density at radius 1 is 1.38 bits per heavy atom. The lowest BCUT2D eigenvalue weighted by Crippen LogP contribution is -1.97. The molecule has 2 heteroatoms. The van der Waals surface area contributed by atoms with Gasteiger partial charge < -0.3 is 4.74 Å². The summed E-state index contributed by atoms with van der Waals surface area (Å²) in [7, 11) is 1.62. The first-order valence-corrected chi connectivity index (χ1v) is 5.67. The second-order valence-corrected chi connectivity index (χ2v) is 3.90. The zero-order valence-corrected chi connectivity index (χ0v) is 10.2. The molecular weight excluding hydrogens is 203 g/mol. The molecule has 1 atom stereocenters. The normalized spacial score (nSPS) is 13.0. The van der Waals surface area contributed by atoms with E-state index in [0.29, 0.717) is 0 Å². The van der Waals surface area contributed by atoms with Crippen molar-refractivity contribution in [3.05, 3.63) is 41.7 Å². The van der Waals surface area contributed by atoms with Crippen LogP contribution in [0.15, 0.2) is 30.4 Å². The van der Waals surface area contributed by atoms with E-state index in [-0.39, 0.29) is 11.7 Å². The van der Waals surface area contributed by atoms with E-state index >= 15 is 0 Å². The summed E-state index contributed by atoms with van der Waals surface area (Å²) < 4.78 is 18.4. The van der Waals surface area contributed by atoms with Crippen molar-refractivity contribution in [3.8, 4) is 5.75 Å². The van der Waals surface area contributed by atoms with Crippen molar-refractivity contribution >= 4 is 0 Å². The quantitative estimate of drug-likeness (QED) is 0.675. The zero-order valence-electron chi connectivity index (χ0n) is 10.2. The van der Waals surface area contributed by atoms with Crippen molar-refractivity contribution in [2.75, 3.05) is 7.11 Å². The van der Waals surface area contributed by atoms with Gasteiger partial charge in [-0.1, -0.05) is 26.0 Å². The Hall–Kier alpha value is -1.31. The molecule has 0 aliphatic heterocycles. The van der Waals surface area contributed by atoms with Gasteiger partial charge >= 0.3 is 0 Å². The highest BCUT2D eigenvalue weighted by atomic mass is 19.1. The highest BCUT2D eigenvalue weighted by Gasteiger charge is 2.11.